The number of aryl methyl sites for hydroxylation is 1. The summed E-state index contributed by atoms with van der Waals surface area (Å²) in [4.78, 5) is 39.9. The number of amides is 1. The van der Waals surface area contributed by atoms with Crippen LogP contribution in [0.15, 0.2) is 52.9 Å². The van der Waals surface area contributed by atoms with E-state index in [2.05, 4.69) is 10.3 Å². The molecule has 1 N–H and O–H groups in total. The van der Waals surface area contributed by atoms with Gasteiger partial charge in [0.2, 0.25) is 0 Å². The van der Waals surface area contributed by atoms with E-state index in [9.17, 15) is 14.4 Å². The summed E-state index contributed by atoms with van der Waals surface area (Å²) < 4.78 is 15.6. The van der Waals surface area contributed by atoms with Crippen LogP contribution in [0, 0.1) is 0 Å². The van der Waals surface area contributed by atoms with E-state index in [0.717, 1.165) is 5.52 Å². The van der Waals surface area contributed by atoms with E-state index in [1.807, 2.05) is 18.2 Å². The number of esters is 2. The van der Waals surface area contributed by atoms with Crippen LogP contribution in [0.2, 0.25) is 0 Å². The number of ether oxygens (including phenoxy) is 2. The van der Waals surface area contributed by atoms with E-state index in [4.69, 9.17) is 13.9 Å². The van der Waals surface area contributed by atoms with Gasteiger partial charge in [-0.25, -0.2) is 9.78 Å². The van der Waals surface area contributed by atoms with Crippen molar-refractivity contribution in [2.24, 2.45) is 0 Å². The third-order valence-electron chi connectivity index (χ3n) is 3.99. The van der Waals surface area contributed by atoms with Crippen molar-refractivity contribution >= 4 is 34.6 Å². The Labute approximate surface area is 173 Å². The fourth-order valence-corrected chi connectivity index (χ4v) is 2.62. The molecule has 156 valence electrons. The number of carbonyl (C=O) groups is 3. The zero-order valence-corrected chi connectivity index (χ0v) is 16.7. The Balaban J connectivity index is 1.41. The minimum Gasteiger partial charge on any atom is -0.459 e. The zero-order chi connectivity index (χ0) is 21.5. The molecule has 8 nitrogen and oxygen atoms in total. The van der Waals surface area contributed by atoms with E-state index >= 15 is 0 Å². The molecule has 30 heavy (non-hydrogen) atoms. The molecular weight excluding hydrogens is 388 g/mol. The topological polar surface area (TPSA) is 108 Å². The SMILES string of the molecule is CC(C)OC(=O)c1ccc(NC(=O)COC(=O)CCc2nc3ccccc3o2)cc1. The molecule has 1 aromatic heterocycles. The van der Waals surface area contributed by atoms with Crippen molar-refractivity contribution in [2.45, 2.75) is 32.8 Å². The number of benzene rings is 2. The molecule has 2 aromatic carbocycles. The molecule has 0 saturated carbocycles. The number of nitrogens with one attached hydrogen (secondary N) is 1. The second-order valence-corrected chi connectivity index (χ2v) is 6.82. The summed E-state index contributed by atoms with van der Waals surface area (Å²) in [6.45, 7) is 3.12. The van der Waals surface area contributed by atoms with Crippen LogP contribution in [-0.2, 0) is 25.5 Å². The van der Waals surface area contributed by atoms with E-state index in [1.54, 1.807) is 44.2 Å². The lowest BCUT2D eigenvalue weighted by atomic mass is 10.2. The summed E-state index contributed by atoms with van der Waals surface area (Å²) in [6, 6.07) is 13.6. The minimum atomic E-state index is -0.529. The molecule has 8 heteroatoms. The van der Waals surface area contributed by atoms with Crippen LogP contribution >= 0.6 is 0 Å². The van der Waals surface area contributed by atoms with Gasteiger partial charge in [-0.05, 0) is 50.2 Å². The monoisotopic (exact) mass is 410 g/mol. The number of hydrogen-bond acceptors (Lipinski definition) is 7. The first-order valence-electron chi connectivity index (χ1n) is 9.51. The molecular formula is C22H22N2O6. The molecule has 0 aliphatic rings. The van der Waals surface area contributed by atoms with Gasteiger partial charge >= 0.3 is 11.9 Å². The Morgan fingerprint density at radius 3 is 2.50 bits per heavy atom. The summed E-state index contributed by atoms with van der Waals surface area (Å²) in [7, 11) is 0. The Morgan fingerprint density at radius 1 is 1.07 bits per heavy atom. The van der Waals surface area contributed by atoms with Gasteiger partial charge < -0.3 is 19.2 Å². The van der Waals surface area contributed by atoms with Gasteiger partial charge in [-0.1, -0.05) is 12.1 Å². The van der Waals surface area contributed by atoms with Crippen LogP contribution in [-0.4, -0.2) is 35.5 Å². The van der Waals surface area contributed by atoms with E-state index in [0.29, 0.717) is 22.7 Å². The predicted molar refractivity (Wildman–Crippen MR) is 109 cm³/mol. The molecule has 0 unspecified atom stereocenters. The second-order valence-electron chi connectivity index (χ2n) is 6.82. The van der Waals surface area contributed by atoms with Gasteiger partial charge in [0.15, 0.2) is 18.1 Å². The predicted octanol–water partition coefficient (Wildman–Crippen LogP) is 3.51. The zero-order valence-electron chi connectivity index (χ0n) is 16.7. The van der Waals surface area contributed by atoms with Crippen LogP contribution in [0.1, 0.15) is 36.5 Å². The highest BCUT2D eigenvalue weighted by atomic mass is 16.5. The molecule has 0 aliphatic carbocycles. The quantitative estimate of drug-likeness (QED) is 0.566. The first kappa shape index (κ1) is 21.0. The highest BCUT2D eigenvalue weighted by Gasteiger charge is 2.12. The number of aromatic nitrogens is 1. The number of carbonyl (C=O) groups excluding carboxylic acids is 3. The minimum absolute atomic E-state index is 0.0484. The smallest absolute Gasteiger partial charge is 0.338 e. The molecule has 0 radical (unpaired) electrons. The second kappa shape index (κ2) is 9.69. The van der Waals surface area contributed by atoms with E-state index < -0.39 is 24.5 Å². The summed E-state index contributed by atoms with van der Waals surface area (Å²) >= 11 is 0. The highest BCUT2D eigenvalue weighted by molar-refractivity contribution is 5.94. The number of anilines is 1. The van der Waals surface area contributed by atoms with Crippen molar-refractivity contribution in [1.29, 1.82) is 0 Å². The molecule has 1 amide bonds. The Morgan fingerprint density at radius 2 is 1.80 bits per heavy atom. The number of nitrogens with zero attached hydrogens (tertiary/aromatic N) is 1. The number of rotatable bonds is 8. The number of para-hydroxylation sites is 2. The van der Waals surface area contributed by atoms with Gasteiger partial charge in [-0.3, -0.25) is 9.59 Å². The average molecular weight is 410 g/mol. The molecule has 1 heterocycles. The Bertz CT molecular complexity index is 1010. The third-order valence-corrected chi connectivity index (χ3v) is 3.99. The van der Waals surface area contributed by atoms with Crippen molar-refractivity contribution < 1.29 is 28.3 Å². The molecule has 0 spiro atoms. The molecule has 0 saturated heterocycles. The molecule has 0 atom stereocenters. The standard InChI is InChI=1S/C22H22N2O6/c1-14(2)29-22(27)15-7-9-16(10-8-15)23-19(25)13-28-21(26)12-11-20-24-17-5-3-4-6-18(17)30-20/h3-10,14H,11-13H2,1-2H3,(H,23,25). The molecule has 0 aliphatic heterocycles. The van der Waals surface area contributed by atoms with Crippen LogP contribution < -0.4 is 5.32 Å². The molecule has 3 rings (SSSR count). The van der Waals surface area contributed by atoms with Gasteiger partial charge in [0.1, 0.15) is 5.52 Å². The maximum absolute atomic E-state index is 12.0. The van der Waals surface area contributed by atoms with Crippen molar-refractivity contribution in [3.8, 4) is 0 Å². The van der Waals surface area contributed by atoms with Gasteiger partial charge in [0.05, 0.1) is 18.1 Å². The van der Waals surface area contributed by atoms with E-state index in [1.165, 1.54) is 0 Å². The molecule has 0 bridgehead atoms. The molecule has 0 fully saturated rings. The van der Waals surface area contributed by atoms with Crippen LogP contribution in [0.3, 0.4) is 0 Å². The van der Waals surface area contributed by atoms with Gasteiger partial charge in [-0.15, -0.1) is 0 Å². The summed E-state index contributed by atoms with van der Waals surface area (Å²) in [6.07, 6.45) is 0.115. The van der Waals surface area contributed by atoms with E-state index in [-0.39, 0.29) is 18.9 Å². The van der Waals surface area contributed by atoms with Crippen molar-refractivity contribution in [2.75, 3.05) is 11.9 Å². The first-order chi connectivity index (χ1) is 14.4. The number of oxazole rings is 1. The highest BCUT2D eigenvalue weighted by Crippen LogP contribution is 2.16. The van der Waals surface area contributed by atoms with Crippen molar-refractivity contribution in [3.63, 3.8) is 0 Å². The van der Waals surface area contributed by atoms with Crippen LogP contribution in [0.5, 0.6) is 0 Å². The average Bonchev–Trinajstić information content (AvgIpc) is 3.14. The maximum atomic E-state index is 12.0. The summed E-state index contributed by atoms with van der Waals surface area (Å²) in [5.74, 6) is -1.01. The largest absolute Gasteiger partial charge is 0.459 e. The Hall–Kier alpha value is -3.68. The van der Waals surface area contributed by atoms with Crippen molar-refractivity contribution in [3.05, 3.63) is 60.0 Å². The van der Waals surface area contributed by atoms with Gasteiger partial charge in [-0.2, -0.15) is 0 Å². The first-order valence-corrected chi connectivity index (χ1v) is 9.51. The normalized spacial score (nSPS) is 10.8. The Kier molecular flexibility index (Phi) is 6.79. The summed E-state index contributed by atoms with van der Waals surface area (Å²) in [5, 5.41) is 2.60. The summed E-state index contributed by atoms with van der Waals surface area (Å²) in [5.41, 5.74) is 2.24. The van der Waals surface area contributed by atoms with Crippen LogP contribution in [0.25, 0.3) is 11.1 Å². The lowest BCUT2D eigenvalue weighted by molar-refractivity contribution is -0.147. The van der Waals surface area contributed by atoms with Crippen molar-refractivity contribution in [1.82, 2.24) is 4.98 Å². The maximum Gasteiger partial charge on any atom is 0.338 e. The lowest BCUT2D eigenvalue weighted by Gasteiger charge is -2.09. The molecule has 3 aromatic rings. The number of hydrogen-bond donors (Lipinski definition) is 1. The van der Waals surface area contributed by atoms with Crippen LogP contribution in [0.4, 0.5) is 5.69 Å². The third kappa shape index (κ3) is 5.91. The van der Waals surface area contributed by atoms with Gasteiger partial charge in [0.25, 0.3) is 5.91 Å². The lowest BCUT2D eigenvalue weighted by Crippen LogP contribution is -2.21. The van der Waals surface area contributed by atoms with Gasteiger partial charge in [0, 0.05) is 12.1 Å². The fraction of sp³-hybridized carbons (Fsp3) is 0.273. The fourth-order valence-electron chi connectivity index (χ4n) is 2.62. The number of fused-ring (bicyclic) bond motifs is 1.